The van der Waals surface area contributed by atoms with Gasteiger partial charge in [-0.2, -0.15) is 5.10 Å². The van der Waals surface area contributed by atoms with Crippen molar-refractivity contribution in [3.8, 4) is 0 Å². The summed E-state index contributed by atoms with van der Waals surface area (Å²) in [7, 11) is 0. The summed E-state index contributed by atoms with van der Waals surface area (Å²) in [4.78, 5) is 27.3. The van der Waals surface area contributed by atoms with Gasteiger partial charge in [0.15, 0.2) is 11.5 Å². The van der Waals surface area contributed by atoms with E-state index in [2.05, 4.69) is 20.6 Å². The predicted molar refractivity (Wildman–Crippen MR) is 101 cm³/mol. The standard InChI is InChI=1S/C16H14Cl2N6O4/c1-7-14(24(26)27)8(2)23(21-7)6-11-9(3)28-22-13(11)16(25)20-15-12(18)4-10(17)5-19-15/h4-5H,6H2,1-3H3,(H,19,20,25). The summed E-state index contributed by atoms with van der Waals surface area (Å²) in [5.74, 6) is -0.0976. The first-order valence-electron chi connectivity index (χ1n) is 7.95. The molecule has 0 saturated carbocycles. The van der Waals surface area contributed by atoms with Crippen LogP contribution in [-0.4, -0.2) is 30.8 Å². The molecule has 1 amide bonds. The second-order valence-electron chi connectivity index (χ2n) is 5.94. The van der Waals surface area contributed by atoms with E-state index < -0.39 is 10.8 Å². The van der Waals surface area contributed by atoms with Crippen LogP contribution in [-0.2, 0) is 6.54 Å². The van der Waals surface area contributed by atoms with Crippen LogP contribution in [0.3, 0.4) is 0 Å². The number of nitrogens with one attached hydrogen (secondary N) is 1. The van der Waals surface area contributed by atoms with Gasteiger partial charge >= 0.3 is 5.69 Å². The minimum atomic E-state index is -0.598. The van der Waals surface area contributed by atoms with E-state index in [0.29, 0.717) is 22.0 Å². The number of pyridine rings is 1. The number of rotatable bonds is 5. The topological polar surface area (TPSA) is 129 Å². The molecule has 0 spiro atoms. The SMILES string of the molecule is Cc1nn(Cc2c(C(=O)Nc3ncc(Cl)cc3Cl)noc2C)c(C)c1[N+](=O)[O-]. The lowest BCUT2D eigenvalue weighted by molar-refractivity contribution is -0.386. The molecule has 3 aromatic heterocycles. The lowest BCUT2D eigenvalue weighted by Gasteiger charge is -2.07. The van der Waals surface area contributed by atoms with Crippen molar-refractivity contribution in [2.75, 3.05) is 5.32 Å². The van der Waals surface area contributed by atoms with Crippen LogP contribution in [0, 0.1) is 30.9 Å². The minimum Gasteiger partial charge on any atom is -0.361 e. The molecule has 0 bridgehead atoms. The molecule has 0 aliphatic heterocycles. The fraction of sp³-hybridized carbons (Fsp3) is 0.250. The lowest BCUT2D eigenvalue weighted by atomic mass is 10.2. The summed E-state index contributed by atoms with van der Waals surface area (Å²) in [5.41, 5.74) is 0.998. The highest BCUT2D eigenvalue weighted by Crippen LogP contribution is 2.26. The second-order valence-corrected chi connectivity index (χ2v) is 6.78. The van der Waals surface area contributed by atoms with E-state index >= 15 is 0 Å². The molecule has 0 aromatic carbocycles. The Bertz CT molecular complexity index is 1090. The number of aromatic nitrogens is 4. The Morgan fingerprint density at radius 3 is 2.68 bits per heavy atom. The van der Waals surface area contributed by atoms with Crippen molar-refractivity contribution in [3.05, 3.63) is 60.8 Å². The highest BCUT2D eigenvalue weighted by Gasteiger charge is 2.26. The molecular formula is C16H14Cl2N6O4. The van der Waals surface area contributed by atoms with Crippen LogP contribution >= 0.6 is 23.2 Å². The number of hydrogen-bond acceptors (Lipinski definition) is 7. The fourth-order valence-electron chi connectivity index (χ4n) is 2.68. The Balaban J connectivity index is 1.91. The molecular weight excluding hydrogens is 411 g/mol. The fourth-order valence-corrected chi connectivity index (χ4v) is 3.11. The van der Waals surface area contributed by atoms with Crippen molar-refractivity contribution < 1.29 is 14.2 Å². The maximum Gasteiger partial charge on any atom is 0.312 e. The number of amides is 1. The van der Waals surface area contributed by atoms with Crippen molar-refractivity contribution in [2.45, 2.75) is 27.3 Å². The van der Waals surface area contributed by atoms with Crippen LogP contribution in [0.4, 0.5) is 11.5 Å². The molecule has 28 heavy (non-hydrogen) atoms. The highest BCUT2D eigenvalue weighted by atomic mass is 35.5. The van der Waals surface area contributed by atoms with Crippen LogP contribution in [0.25, 0.3) is 0 Å². The smallest absolute Gasteiger partial charge is 0.312 e. The first kappa shape index (κ1) is 19.8. The number of aryl methyl sites for hydroxylation is 2. The Hall–Kier alpha value is -2.98. The lowest BCUT2D eigenvalue weighted by Crippen LogP contribution is -2.17. The van der Waals surface area contributed by atoms with Crippen LogP contribution in [0.1, 0.15) is 33.2 Å². The zero-order valence-corrected chi connectivity index (χ0v) is 16.5. The number of carbonyl (C=O) groups is 1. The van der Waals surface area contributed by atoms with Crippen molar-refractivity contribution in [1.29, 1.82) is 0 Å². The van der Waals surface area contributed by atoms with Crippen LogP contribution < -0.4 is 5.32 Å². The zero-order chi connectivity index (χ0) is 20.6. The molecule has 3 heterocycles. The molecule has 0 aliphatic carbocycles. The van der Waals surface area contributed by atoms with Crippen molar-refractivity contribution in [1.82, 2.24) is 19.9 Å². The van der Waals surface area contributed by atoms with Gasteiger partial charge in [-0.05, 0) is 26.8 Å². The van der Waals surface area contributed by atoms with Crippen LogP contribution in [0.2, 0.25) is 10.0 Å². The van der Waals surface area contributed by atoms with Crippen LogP contribution in [0.15, 0.2) is 16.8 Å². The van der Waals surface area contributed by atoms with Gasteiger partial charge in [0.1, 0.15) is 17.1 Å². The van der Waals surface area contributed by atoms with Gasteiger partial charge in [0, 0.05) is 11.8 Å². The summed E-state index contributed by atoms with van der Waals surface area (Å²) < 4.78 is 6.57. The van der Waals surface area contributed by atoms with Gasteiger partial charge in [0.25, 0.3) is 5.91 Å². The summed E-state index contributed by atoms with van der Waals surface area (Å²) in [6, 6.07) is 1.44. The van der Waals surface area contributed by atoms with Crippen molar-refractivity contribution in [2.24, 2.45) is 0 Å². The van der Waals surface area contributed by atoms with Crippen molar-refractivity contribution >= 4 is 40.6 Å². The van der Waals surface area contributed by atoms with Gasteiger partial charge in [0.2, 0.25) is 0 Å². The zero-order valence-electron chi connectivity index (χ0n) is 15.0. The number of anilines is 1. The molecule has 0 fully saturated rings. The molecule has 0 atom stereocenters. The Kier molecular flexibility index (Phi) is 5.34. The number of nitro groups is 1. The Morgan fingerprint density at radius 1 is 1.36 bits per heavy atom. The molecule has 0 radical (unpaired) electrons. The third-order valence-electron chi connectivity index (χ3n) is 4.07. The molecule has 0 unspecified atom stereocenters. The summed E-state index contributed by atoms with van der Waals surface area (Å²) >= 11 is 11.8. The normalized spacial score (nSPS) is 10.9. The summed E-state index contributed by atoms with van der Waals surface area (Å²) in [5, 5.41) is 22.2. The van der Waals surface area contributed by atoms with E-state index in [4.69, 9.17) is 27.7 Å². The van der Waals surface area contributed by atoms with E-state index in [0.717, 1.165) is 0 Å². The molecule has 3 aromatic rings. The second kappa shape index (κ2) is 7.56. The molecule has 10 nitrogen and oxygen atoms in total. The average molecular weight is 425 g/mol. The largest absolute Gasteiger partial charge is 0.361 e. The molecule has 0 saturated heterocycles. The maximum atomic E-state index is 12.6. The van der Waals surface area contributed by atoms with Crippen LogP contribution in [0.5, 0.6) is 0 Å². The molecule has 146 valence electrons. The van der Waals surface area contributed by atoms with E-state index in [1.807, 2.05) is 0 Å². The molecule has 1 N–H and O–H groups in total. The molecule has 12 heteroatoms. The summed E-state index contributed by atoms with van der Waals surface area (Å²) in [6.45, 7) is 4.83. The Morgan fingerprint density at radius 2 is 2.07 bits per heavy atom. The van der Waals surface area contributed by atoms with Crippen molar-refractivity contribution in [3.63, 3.8) is 0 Å². The van der Waals surface area contributed by atoms with Gasteiger partial charge in [-0.3, -0.25) is 19.6 Å². The summed E-state index contributed by atoms with van der Waals surface area (Å²) in [6.07, 6.45) is 1.34. The van der Waals surface area contributed by atoms with E-state index in [1.165, 1.54) is 16.9 Å². The number of nitrogens with zero attached hydrogens (tertiary/aromatic N) is 5. The van der Waals surface area contributed by atoms with E-state index in [-0.39, 0.29) is 34.5 Å². The first-order valence-corrected chi connectivity index (χ1v) is 8.70. The van der Waals surface area contributed by atoms with Gasteiger partial charge in [-0.25, -0.2) is 4.98 Å². The minimum absolute atomic E-state index is 0.000484. The third-order valence-corrected chi connectivity index (χ3v) is 4.57. The average Bonchev–Trinajstić information content (AvgIpc) is 3.10. The number of carbonyl (C=O) groups excluding carboxylic acids is 1. The monoisotopic (exact) mass is 424 g/mol. The Labute approximate surface area is 168 Å². The number of halogens is 2. The van der Waals surface area contributed by atoms with E-state index in [9.17, 15) is 14.9 Å². The maximum absolute atomic E-state index is 12.6. The van der Waals surface area contributed by atoms with E-state index in [1.54, 1.807) is 20.8 Å². The first-order chi connectivity index (χ1) is 13.2. The van der Waals surface area contributed by atoms with Gasteiger partial charge in [-0.15, -0.1) is 0 Å². The van der Waals surface area contributed by atoms with Gasteiger partial charge < -0.3 is 9.84 Å². The van der Waals surface area contributed by atoms with Gasteiger partial charge in [-0.1, -0.05) is 28.4 Å². The van der Waals surface area contributed by atoms with Gasteiger partial charge in [0.05, 0.1) is 21.5 Å². The highest BCUT2D eigenvalue weighted by molar-refractivity contribution is 6.36. The molecule has 0 aliphatic rings. The quantitative estimate of drug-likeness (QED) is 0.487. The third kappa shape index (κ3) is 3.69. The number of hydrogen-bond donors (Lipinski definition) is 1. The molecule has 3 rings (SSSR count). The predicted octanol–water partition coefficient (Wildman–Crippen LogP) is 3.71.